The Labute approximate surface area is 97.2 Å². The van der Waals surface area contributed by atoms with Crippen molar-refractivity contribution in [3.8, 4) is 0 Å². The molecule has 0 aliphatic carbocycles. The van der Waals surface area contributed by atoms with E-state index < -0.39 is 0 Å². The first-order chi connectivity index (χ1) is 7.19. The van der Waals surface area contributed by atoms with Crippen molar-refractivity contribution in [1.82, 2.24) is 9.97 Å². The SMILES string of the molecule is CCCOCc1nc(CC)c(Br)c(=O)[nH]1. The number of hydrogen-bond donors (Lipinski definition) is 1. The maximum absolute atomic E-state index is 11.5. The Kier molecular flexibility index (Phi) is 4.98. The molecule has 0 spiro atoms. The molecule has 0 fully saturated rings. The standard InChI is InChI=1S/C10H15BrN2O2/c1-3-5-15-6-8-12-7(4-2)9(11)10(14)13-8/h3-6H2,1-2H3,(H,12,13,14). The van der Waals surface area contributed by atoms with Gasteiger partial charge in [-0.3, -0.25) is 4.79 Å². The smallest absolute Gasteiger partial charge is 0.265 e. The van der Waals surface area contributed by atoms with Gasteiger partial charge in [-0.05, 0) is 28.8 Å². The summed E-state index contributed by atoms with van der Waals surface area (Å²) in [5, 5.41) is 0. The second-order valence-corrected chi connectivity index (χ2v) is 3.97. The zero-order valence-electron chi connectivity index (χ0n) is 8.97. The van der Waals surface area contributed by atoms with Crippen molar-refractivity contribution < 1.29 is 4.74 Å². The fraction of sp³-hybridized carbons (Fsp3) is 0.600. The minimum absolute atomic E-state index is 0.142. The van der Waals surface area contributed by atoms with Crippen molar-refractivity contribution in [2.45, 2.75) is 33.3 Å². The van der Waals surface area contributed by atoms with Crippen LogP contribution in [0.15, 0.2) is 9.27 Å². The number of H-pyrrole nitrogens is 1. The summed E-state index contributed by atoms with van der Waals surface area (Å²) in [7, 11) is 0. The van der Waals surface area contributed by atoms with Crippen molar-refractivity contribution in [2.75, 3.05) is 6.61 Å². The molecule has 4 nitrogen and oxygen atoms in total. The van der Waals surface area contributed by atoms with Gasteiger partial charge in [-0.25, -0.2) is 4.98 Å². The highest BCUT2D eigenvalue weighted by Gasteiger charge is 2.06. The molecule has 0 aliphatic heterocycles. The van der Waals surface area contributed by atoms with Crippen LogP contribution in [0.5, 0.6) is 0 Å². The predicted octanol–water partition coefficient (Wildman–Crippen LogP) is 2.02. The zero-order valence-corrected chi connectivity index (χ0v) is 10.6. The van der Waals surface area contributed by atoms with E-state index in [4.69, 9.17) is 4.74 Å². The summed E-state index contributed by atoms with van der Waals surface area (Å²) in [6.07, 6.45) is 1.69. The minimum atomic E-state index is -0.142. The van der Waals surface area contributed by atoms with Crippen molar-refractivity contribution in [1.29, 1.82) is 0 Å². The van der Waals surface area contributed by atoms with Gasteiger partial charge in [0.2, 0.25) is 0 Å². The van der Waals surface area contributed by atoms with Crippen molar-refractivity contribution in [2.24, 2.45) is 0 Å². The molecule has 1 rings (SSSR count). The number of nitrogens with one attached hydrogen (secondary N) is 1. The molecule has 1 aromatic heterocycles. The molecule has 0 saturated carbocycles. The molecule has 0 aromatic carbocycles. The molecular formula is C10H15BrN2O2. The quantitative estimate of drug-likeness (QED) is 0.836. The minimum Gasteiger partial charge on any atom is -0.374 e. The van der Waals surface area contributed by atoms with E-state index in [0.717, 1.165) is 18.5 Å². The fourth-order valence-corrected chi connectivity index (χ4v) is 1.64. The van der Waals surface area contributed by atoms with Crippen molar-refractivity contribution in [3.05, 3.63) is 26.3 Å². The highest BCUT2D eigenvalue weighted by molar-refractivity contribution is 9.10. The van der Waals surface area contributed by atoms with E-state index in [2.05, 4.69) is 25.9 Å². The Morgan fingerprint density at radius 1 is 1.47 bits per heavy atom. The normalized spacial score (nSPS) is 10.6. The molecule has 0 aliphatic rings. The zero-order chi connectivity index (χ0) is 11.3. The summed E-state index contributed by atoms with van der Waals surface area (Å²) in [4.78, 5) is 18.4. The summed E-state index contributed by atoms with van der Waals surface area (Å²) in [5.41, 5.74) is 0.630. The first kappa shape index (κ1) is 12.4. The van der Waals surface area contributed by atoms with Gasteiger partial charge < -0.3 is 9.72 Å². The Morgan fingerprint density at radius 3 is 2.80 bits per heavy atom. The van der Waals surface area contributed by atoms with Crippen LogP contribution in [0.1, 0.15) is 31.8 Å². The van der Waals surface area contributed by atoms with E-state index in [1.54, 1.807) is 0 Å². The van der Waals surface area contributed by atoms with Crippen LogP contribution in [-0.4, -0.2) is 16.6 Å². The molecule has 1 aromatic rings. The van der Waals surface area contributed by atoms with Crippen LogP contribution < -0.4 is 5.56 Å². The van der Waals surface area contributed by atoms with Crippen molar-refractivity contribution in [3.63, 3.8) is 0 Å². The molecule has 0 saturated heterocycles. The van der Waals surface area contributed by atoms with Gasteiger partial charge in [0.1, 0.15) is 16.9 Å². The Morgan fingerprint density at radius 2 is 2.20 bits per heavy atom. The maximum Gasteiger partial charge on any atom is 0.265 e. The van der Waals surface area contributed by atoms with Crippen LogP contribution >= 0.6 is 15.9 Å². The first-order valence-corrected chi connectivity index (χ1v) is 5.83. The van der Waals surface area contributed by atoms with E-state index in [1.807, 2.05) is 13.8 Å². The van der Waals surface area contributed by atoms with E-state index in [9.17, 15) is 4.79 Å². The van der Waals surface area contributed by atoms with E-state index in [-0.39, 0.29) is 5.56 Å². The number of aryl methyl sites for hydroxylation is 1. The maximum atomic E-state index is 11.5. The highest BCUT2D eigenvalue weighted by Crippen LogP contribution is 2.09. The lowest BCUT2D eigenvalue weighted by atomic mass is 10.3. The predicted molar refractivity (Wildman–Crippen MR) is 61.9 cm³/mol. The Balaban J connectivity index is 2.82. The average Bonchev–Trinajstić information content (AvgIpc) is 2.23. The summed E-state index contributed by atoms with van der Waals surface area (Å²) in [6.45, 7) is 5.04. The van der Waals surface area contributed by atoms with Crippen LogP contribution in [0.25, 0.3) is 0 Å². The highest BCUT2D eigenvalue weighted by atomic mass is 79.9. The van der Waals surface area contributed by atoms with Gasteiger partial charge in [-0.2, -0.15) is 0 Å². The van der Waals surface area contributed by atoms with Gasteiger partial charge in [0, 0.05) is 6.61 Å². The summed E-state index contributed by atoms with van der Waals surface area (Å²) >= 11 is 3.21. The molecule has 0 bridgehead atoms. The number of halogens is 1. The number of hydrogen-bond acceptors (Lipinski definition) is 3. The molecule has 1 heterocycles. The van der Waals surface area contributed by atoms with Gasteiger partial charge in [0.25, 0.3) is 5.56 Å². The van der Waals surface area contributed by atoms with Crippen LogP contribution in [0, 0.1) is 0 Å². The lowest BCUT2D eigenvalue weighted by Crippen LogP contribution is -2.16. The topological polar surface area (TPSA) is 55.0 Å². The fourth-order valence-electron chi connectivity index (χ4n) is 1.17. The third-order valence-corrected chi connectivity index (χ3v) is 2.72. The monoisotopic (exact) mass is 274 g/mol. The van der Waals surface area contributed by atoms with Gasteiger partial charge in [-0.15, -0.1) is 0 Å². The Bertz CT molecular complexity index is 376. The molecule has 0 atom stereocenters. The summed E-state index contributed by atoms with van der Waals surface area (Å²) < 4.78 is 5.83. The van der Waals surface area contributed by atoms with E-state index in [1.165, 1.54) is 0 Å². The van der Waals surface area contributed by atoms with Gasteiger partial charge in [-0.1, -0.05) is 13.8 Å². The van der Waals surface area contributed by atoms with Gasteiger partial charge >= 0.3 is 0 Å². The molecule has 15 heavy (non-hydrogen) atoms. The lowest BCUT2D eigenvalue weighted by Gasteiger charge is -2.05. The number of aromatic amines is 1. The second kappa shape index (κ2) is 6.02. The number of ether oxygens (including phenoxy) is 1. The summed E-state index contributed by atoms with van der Waals surface area (Å²) in [5.74, 6) is 0.591. The van der Waals surface area contributed by atoms with Gasteiger partial charge in [0.15, 0.2) is 0 Å². The van der Waals surface area contributed by atoms with E-state index >= 15 is 0 Å². The van der Waals surface area contributed by atoms with Crippen molar-refractivity contribution >= 4 is 15.9 Å². The van der Waals surface area contributed by atoms with Crippen LogP contribution in [0.3, 0.4) is 0 Å². The third kappa shape index (κ3) is 3.43. The number of aromatic nitrogens is 2. The molecule has 5 heteroatoms. The Hall–Kier alpha value is -0.680. The van der Waals surface area contributed by atoms with Crippen LogP contribution in [0.2, 0.25) is 0 Å². The lowest BCUT2D eigenvalue weighted by molar-refractivity contribution is 0.115. The molecule has 84 valence electrons. The van der Waals surface area contributed by atoms with Crippen LogP contribution in [0.4, 0.5) is 0 Å². The molecule has 0 radical (unpaired) electrons. The first-order valence-electron chi connectivity index (χ1n) is 5.04. The average molecular weight is 275 g/mol. The van der Waals surface area contributed by atoms with Gasteiger partial charge in [0.05, 0.1) is 5.69 Å². The largest absolute Gasteiger partial charge is 0.374 e. The number of rotatable bonds is 5. The van der Waals surface area contributed by atoms with E-state index in [0.29, 0.717) is 23.5 Å². The second-order valence-electron chi connectivity index (χ2n) is 3.18. The van der Waals surface area contributed by atoms with Crippen LogP contribution in [-0.2, 0) is 17.8 Å². The molecule has 0 amide bonds. The number of nitrogens with zero attached hydrogens (tertiary/aromatic N) is 1. The molecular weight excluding hydrogens is 260 g/mol. The summed E-state index contributed by atoms with van der Waals surface area (Å²) in [6, 6.07) is 0. The molecule has 1 N–H and O–H groups in total. The molecule has 0 unspecified atom stereocenters. The third-order valence-electron chi connectivity index (χ3n) is 1.90.